The second-order valence-electron chi connectivity index (χ2n) is 3.99. The molecule has 0 saturated heterocycles. The predicted octanol–water partition coefficient (Wildman–Crippen LogP) is 3.83. The molecule has 0 aliphatic heterocycles. The number of hydrogen-bond acceptors (Lipinski definition) is 1. The molecule has 78 valence electrons. The lowest BCUT2D eigenvalue weighted by atomic mass is 9.93. The van der Waals surface area contributed by atoms with Crippen molar-refractivity contribution in [2.75, 3.05) is 7.11 Å². The van der Waals surface area contributed by atoms with Crippen LogP contribution in [-0.2, 0) is 0 Å². The quantitative estimate of drug-likeness (QED) is 0.707. The van der Waals surface area contributed by atoms with Crippen LogP contribution in [0.1, 0.15) is 42.9 Å². The molecule has 0 aromatic heterocycles. The van der Waals surface area contributed by atoms with Crippen molar-refractivity contribution in [3.63, 3.8) is 0 Å². The zero-order valence-corrected chi connectivity index (χ0v) is 9.85. The Bertz CT molecular complexity index is 315. The molecule has 0 heterocycles. The molecule has 0 N–H and O–H groups in total. The first-order valence-electron chi connectivity index (χ1n) is 5.25. The van der Waals surface area contributed by atoms with E-state index in [1.54, 1.807) is 7.11 Å². The number of hydrogen-bond donors (Lipinski definition) is 0. The van der Waals surface area contributed by atoms with Crippen LogP contribution in [0.2, 0.25) is 0 Å². The van der Waals surface area contributed by atoms with Crippen LogP contribution in [0.4, 0.5) is 0 Å². The molecule has 0 spiro atoms. The van der Waals surface area contributed by atoms with Crippen molar-refractivity contribution in [2.24, 2.45) is 0 Å². The third-order valence-corrected chi connectivity index (χ3v) is 2.93. The van der Waals surface area contributed by atoms with E-state index in [-0.39, 0.29) is 0 Å². The Morgan fingerprint density at radius 3 is 2.36 bits per heavy atom. The van der Waals surface area contributed by atoms with E-state index in [1.165, 1.54) is 23.1 Å². The van der Waals surface area contributed by atoms with Crippen LogP contribution in [-0.4, -0.2) is 7.11 Å². The summed E-state index contributed by atoms with van der Waals surface area (Å²) in [4.78, 5) is 0. The minimum atomic E-state index is 0.615. The fraction of sp³-hybridized carbons (Fsp3) is 0.538. The highest BCUT2D eigenvalue weighted by atomic mass is 16.5. The number of ether oxygens (including phenoxy) is 1. The van der Waals surface area contributed by atoms with Crippen molar-refractivity contribution in [1.82, 2.24) is 0 Å². The van der Waals surface area contributed by atoms with Gasteiger partial charge in [0.15, 0.2) is 0 Å². The molecule has 1 aromatic rings. The van der Waals surface area contributed by atoms with Crippen molar-refractivity contribution in [3.05, 3.63) is 28.8 Å². The van der Waals surface area contributed by atoms with E-state index in [1.807, 2.05) is 0 Å². The summed E-state index contributed by atoms with van der Waals surface area (Å²) in [5.74, 6) is 1.62. The van der Waals surface area contributed by atoms with E-state index in [4.69, 9.17) is 4.74 Å². The van der Waals surface area contributed by atoms with E-state index in [2.05, 4.69) is 39.8 Å². The Balaban J connectivity index is 3.17. The molecule has 1 aromatic carbocycles. The highest BCUT2D eigenvalue weighted by Crippen LogP contribution is 2.29. The van der Waals surface area contributed by atoms with E-state index < -0.39 is 0 Å². The molecule has 1 rings (SSSR count). The molecule has 0 radical (unpaired) electrons. The third kappa shape index (κ3) is 2.09. The maximum Gasteiger partial charge on any atom is 0.122 e. The number of aryl methyl sites for hydroxylation is 2. The van der Waals surface area contributed by atoms with Crippen molar-refractivity contribution < 1.29 is 4.74 Å². The van der Waals surface area contributed by atoms with Gasteiger partial charge < -0.3 is 4.74 Å². The summed E-state index contributed by atoms with van der Waals surface area (Å²) in [6.07, 6.45) is 1.17. The normalized spacial score (nSPS) is 12.6. The monoisotopic (exact) mass is 192 g/mol. The SMILES string of the molecule is CCC(C)c1cc(OC)c(C)cc1C. The van der Waals surface area contributed by atoms with Gasteiger partial charge in [-0.2, -0.15) is 0 Å². The maximum absolute atomic E-state index is 5.34. The van der Waals surface area contributed by atoms with Crippen molar-refractivity contribution in [3.8, 4) is 5.75 Å². The maximum atomic E-state index is 5.34. The zero-order valence-electron chi connectivity index (χ0n) is 9.85. The smallest absolute Gasteiger partial charge is 0.122 e. The molecule has 1 unspecified atom stereocenters. The average Bonchev–Trinajstić information content (AvgIpc) is 2.17. The molecule has 0 bridgehead atoms. The first kappa shape index (κ1) is 11.1. The molecule has 1 atom stereocenters. The summed E-state index contributed by atoms with van der Waals surface area (Å²) < 4.78 is 5.34. The standard InChI is InChI=1S/C13H20O/c1-6-9(2)12-8-13(14-5)11(4)7-10(12)3/h7-9H,6H2,1-5H3. The Hall–Kier alpha value is -0.980. The zero-order chi connectivity index (χ0) is 10.7. The van der Waals surface area contributed by atoms with Gasteiger partial charge in [0.2, 0.25) is 0 Å². The average molecular weight is 192 g/mol. The lowest BCUT2D eigenvalue weighted by molar-refractivity contribution is 0.410. The van der Waals surface area contributed by atoms with Gasteiger partial charge in [0.05, 0.1) is 7.11 Å². The van der Waals surface area contributed by atoms with E-state index in [0.29, 0.717) is 5.92 Å². The number of methoxy groups -OCH3 is 1. The minimum Gasteiger partial charge on any atom is -0.496 e. The van der Waals surface area contributed by atoms with Gasteiger partial charge in [-0.05, 0) is 48.9 Å². The van der Waals surface area contributed by atoms with E-state index in [0.717, 1.165) is 5.75 Å². The first-order chi connectivity index (χ1) is 6.60. The van der Waals surface area contributed by atoms with Gasteiger partial charge in [-0.1, -0.05) is 19.9 Å². The molecule has 0 aliphatic carbocycles. The summed E-state index contributed by atoms with van der Waals surface area (Å²) in [5, 5.41) is 0. The second kappa shape index (κ2) is 4.50. The summed E-state index contributed by atoms with van der Waals surface area (Å²) in [7, 11) is 1.73. The van der Waals surface area contributed by atoms with Crippen LogP contribution >= 0.6 is 0 Å². The highest BCUT2D eigenvalue weighted by molar-refractivity contribution is 5.42. The second-order valence-corrected chi connectivity index (χ2v) is 3.99. The van der Waals surface area contributed by atoms with Gasteiger partial charge in [-0.15, -0.1) is 0 Å². The summed E-state index contributed by atoms with van der Waals surface area (Å²) in [6.45, 7) is 8.74. The molecule has 0 fully saturated rings. The van der Waals surface area contributed by atoms with Gasteiger partial charge in [-0.25, -0.2) is 0 Å². The fourth-order valence-corrected chi connectivity index (χ4v) is 1.82. The molecule has 1 nitrogen and oxygen atoms in total. The van der Waals surface area contributed by atoms with Crippen LogP contribution in [0.25, 0.3) is 0 Å². The van der Waals surface area contributed by atoms with Gasteiger partial charge >= 0.3 is 0 Å². The van der Waals surface area contributed by atoms with Crippen molar-refractivity contribution in [2.45, 2.75) is 40.0 Å². The van der Waals surface area contributed by atoms with Crippen molar-refractivity contribution in [1.29, 1.82) is 0 Å². The topological polar surface area (TPSA) is 9.23 Å². The summed E-state index contributed by atoms with van der Waals surface area (Å²) in [5.41, 5.74) is 4.00. The molecular weight excluding hydrogens is 172 g/mol. The van der Waals surface area contributed by atoms with Gasteiger partial charge in [0.25, 0.3) is 0 Å². The Morgan fingerprint density at radius 1 is 1.21 bits per heavy atom. The van der Waals surface area contributed by atoms with Gasteiger partial charge in [0.1, 0.15) is 5.75 Å². The highest BCUT2D eigenvalue weighted by Gasteiger charge is 2.09. The Morgan fingerprint density at radius 2 is 1.86 bits per heavy atom. The molecule has 1 heteroatoms. The van der Waals surface area contributed by atoms with Crippen LogP contribution in [0, 0.1) is 13.8 Å². The Kier molecular flexibility index (Phi) is 3.56. The molecular formula is C13H20O. The minimum absolute atomic E-state index is 0.615. The van der Waals surface area contributed by atoms with Crippen molar-refractivity contribution >= 4 is 0 Å². The van der Waals surface area contributed by atoms with E-state index >= 15 is 0 Å². The van der Waals surface area contributed by atoms with Gasteiger partial charge in [-0.3, -0.25) is 0 Å². The largest absolute Gasteiger partial charge is 0.496 e. The predicted molar refractivity (Wildman–Crippen MR) is 61.2 cm³/mol. The Labute approximate surface area is 87.1 Å². The molecule has 14 heavy (non-hydrogen) atoms. The molecule has 0 amide bonds. The number of benzene rings is 1. The molecule has 0 saturated carbocycles. The molecule has 0 aliphatic rings. The van der Waals surface area contributed by atoms with Crippen LogP contribution in [0.5, 0.6) is 5.75 Å². The summed E-state index contributed by atoms with van der Waals surface area (Å²) >= 11 is 0. The fourth-order valence-electron chi connectivity index (χ4n) is 1.82. The summed E-state index contributed by atoms with van der Waals surface area (Å²) in [6, 6.07) is 4.39. The lowest BCUT2D eigenvalue weighted by Gasteiger charge is -2.15. The lowest BCUT2D eigenvalue weighted by Crippen LogP contribution is -1.98. The van der Waals surface area contributed by atoms with E-state index in [9.17, 15) is 0 Å². The van der Waals surface area contributed by atoms with Crippen LogP contribution < -0.4 is 4.74 Å². The number of rotatable bonds is 3. The van der Waals surface area contributed by atoms with Crippen LogP contribution in [0.3, 0.4) is 0 Å². The van der Waals surface area contributed by atoms with Crippen LogP contribution in [0.15, 0.2) is 12.1 Å². The first-order valence-corrected chi connectivity index (χ1v) is 5.25. The van der Waals surface area contributed by atoms with Gasteiger partial charge in [0, 0.05) is 0 Å². The third-order valence-electron chi connectivity index (χ3n) is 2.93.